The van der Waals surface area contributed by atoms with E-state index in [1.807, 2.05) is 79.7 Å². The van der Waals surface area contributed by atoms with Crippen LogP contribution in [0.25, 0.3) is 0 Å². The predicted molar refractivity (Wildman–Crippen MR) is 109 cm³/mol. The number of rotatable bonds is 8. The second kappa shape index (κ2) is 8.85. The molecule has 5 heteroatoms. The van der Waals surface area contributed by atoms with Crippen molar-refractivity contribution in [2.75, 3.05) is 27.2 Å². The fourth-order valence-corrected chi connectivity index (χ4v) is 3.50. The summed E-state index contributed by atoms with van der Waals surface area (Å²) in [5.41, 5.74) is 2.11. The van der Waals surface area contributed by atoms with E-state index in [4.69, 9.17) is 0 Å². The highest BCUT2D eigenvalue weighted by Gasteiger charge is 2.42. The molecule has 1 N–H and O–H groups in total. The highest BCUT2D eigenvalue weighted by atomic mass is 16.3. The number of amides is 1. The summed E-state index contributed by atoms with van der Waals surface area (Å²) in [6.07, 6.45) is 0.825. The van der Waals surface area contributed by atoms with Crippen LogP contribution in [-0.2, 0) is 16.0 Å². The van der Waals surface area contributed by atoms with Crippen molar-refractivity contribution < 1.29 is 14.7 Å². The van der Waals surface area contributed by atoms with E-state index in [1.165, 1.54) is 0 Å². The van der Waals surface area contributed by atoms with E-state index >= 15 is 0 Å². The molecule has 0 bridgehead atoms. The maximum absolute atomic E-state index is 13.0. The number of carbonyl (C=O) groups excluding carboxylic acids is 2. The molecule has 5 nitrogen and oxygen atoms in total. The molecule has 0 aromatic heterocycles. The topological polar surface area (TPSA) is 60.9 Å². The average Bonchev–Trinajstić information content (AvgIpc) is 2.96. The lowest BCUT2D eigenvalue weighted by molar-refractivity contribution is -0.129. The molecule has 1 unspecified atom stereocenters. The third-order valence-corrected chi connectivity index (χ3v) is 4.99. The molecule has 0 spiro atoms. The van der Waals surface area contributed by atoms with Crippen LogP contribution >= 0.6 is 0 Å². The molecule has 2 aromatic rings. The number of ketones is 1. The van der Waals surface area contributed by atoms with Crippen LogP contribution < -0.4 is 0 Å². The van der Waals surface area contributed by atoms with Crippen molar-refractivity contribution in [3.8, 4) is 0 Å². The van der Waals surface area contributed by atoms with Gasteiger partial charge in [-0.3, -0.25) is 9.59 Å². The Hall–Kier alpha value is -2.92. The zero-order chi connectivity index (χ0) is 20.1. The summed E-state index contributed by atoms with van der Waals surface area (Å²) < 4.78 is 0. The van der Waals surface area contributed by atoms with Crippen LogP contribution in [-0.4, -0.2) is 53.8 Å². The lowest BCUT2D eigenvalue weighted by Gasteiger charge is -2.28. The SMILES string of the molecule is CN(C)CCN1C(=O)C(O)=C(C(=O)CCc2ccccc2)C1c1ccccc1. The van der Waals surface area contributed by atoms with Crippen molar-refractivity contribution >= 4 is 11.7 Å². The summed E-state index contributed by atoms with van der Waals surface area (Å²) in [6, 6.07) is 18.6. The van der Waals surface area contributed by atoms with Crippen molar-refractivity contribution in [1.82, 2.24) is 9.80 Å². The molecular weight excluding hydrogens is 352 g/mol. The van der Waals surface area contributed by atoms with E-state index < -0.39 is 17.7 Å². The predicted octanol–water partition coefficient (Wildman–Crippen LogP) is 3.15. The number of Topliss-reactive ketones (excluding diaryl/α,β-unsaturated/α-hetero) is 1. The summed E-state index contributed by atoms with van der Waals surface area (Å²) in [6.45, 7) is 1.08. The Morgan fingerprint density at radius 2 is 1.64 bits per heavy atom. The second-order valence-electron chi connectivity index (χ2n) is 7.29. The monoisotopic (exact) mass is 378 g/mol. The first-order valence-corrected chi connectivity index (χ1v) is 9.50. The third kappa shape index (κ3) is 4.31. The second-order valence-corrected chi connectivity index (χ2v) is 7.29. The summed E-state index contributed by atoms with van der Waals surface area (Å²) in [7, 11) is 3.86. The molecular formula is C23H26N2O3. The Morgan fingerprint density at radius 3 is 2.25 bits per heavy atom. The number of carbonyl (C=O) groups is 2. The van der Waals surface area contributed by atoms with Crippen LogP contribution in [0.15, 0.2) is 72.0 Å². The molecule has 3 rings (SSSR count). The van der Waals surface area contributed by atoms with Crippen molar-refractivity contribution in [3.05, 3.63) is 83.1 Å². The van der Waals surface area contributed by atoms with Gasteiger partial charge < -0.3 is 14.9 Å². The van der Waals surface area contributed by atoms with E-state index in [0.717, 1.165) is 11.1 Å². The van der Waals surface area contributed by atoms with Gasteiger partial charge in [0.2, 0.25) is 0 Å². The van der Waals surface area contributed by atoms with Crippen molar-refractivity contribution in [1.29, 1.82) is 0 Å². The van der Waals surface area contributed by atoms with E-state index in [1.54, 1.807) is 4.90 Å². The van der Waals surface area contributed by atoms with Gasteiger partial charge in [-0.15, -0.1) is 0 Å². The summed E-state index contributed by atoms with van der Waals surface area (Å²) in [5.74, 6) is -1.07. The molecule has 1 aliphatic heterocycles. The van der Waals surface area contributed by atoms with Crippen LogP contribution in [0.4, 0.5) is 0 Å². The van der Waals surface area contributed by atoms with Crippen LogP contribution in [0.3, 0.4) is 0 Å². The molecule has 0 saturated heterocycles. The van der Waals surface area contributed by atoms with Crippen LogP contribution in [0.1, 0.15) is 23.6 Å². The Labute approximate surface area is 165 Å². The fourth-order valence-electron chi connectivity index (χ4n) is 3.50. The van der Waals surface area contributed by atoms with Gasteiger partial charge in [0.1, 0.15) is 0 Å². The molecule has 0 aliphatic carbocycles. The zero-order valence-corrected chi connectivity index (χ0v) is 16.3. The summed E-state index contributed by atoms with van der Waals surface area (Å²) >= 11 is 0. The Kier molecular flexibility index (Phi) is 6.26. The third-order valence-electron chi connectivity index (χ3n) is 4.99. The Morgan fingerprint density at radius 1 is 1.04 bits per heavy atom. The maximum Gasteiger partial charge on any atom is 0.290 e. The number of aliphatic hydroxyl groups excluding tert-OH is 1. The van der Waals surface area contributed by atoms with Gasteiger partial charge in [-0.1, -0.05) is 60.7 Å². The Balaban J connectivity index is 1.87. The zero-order valence-electron chi connectivity index (χ0n) is 16.3. The average molecular weight is 378 g/mol. The molecule has 28 heavy (non-hydrogen) atoms. The van der Waals surface area contributed by atoms with Gasteiger partial charge in [-0.25, -0.2) is 0 Å². The van der Waals surface area contributed by atoms with Crippen LogP contribution in [0.2, 0.25) is 0 Å². The quantitative estimate of drug-likeness (QED) is 0.767. The molecule has 2 aromatic carbocycles. The largest absolute Gasteiger partial charge is 0.503 e. The Bertz CT molecular complexity index is 860. The molecule has 1 amide bonds. The smallest absolute Gasteiger partial charge is 0.290 e. The summed E-state index contributed by atoms with van der Waals surface area (Å²) in [5, 5.41) is 10.5. The maximum atomic E-state index is 13.0. The fraction of sp³-hybridized carbons (Fsp3) is 0.304. The van der Waals surface area contributed by atoms with Gasteiger partial charge >= 0.3 is 0 Å². The number of benzene rings is 2. The highest BCUT2D eigenvalue weighted by Crippen LogP contribution is 2.38. The number of nitrogens with zero attached hydrogens (tertiary/aromatic N) is 2. The van der Waals surface area contributed by atoms with E-state index in [-0.39, 0.29) is 17.8 Å². The standard InChI is InChI=1S/C23H26N2O3/c1-24(2)15-16-25-21(18-11-7-4-8-12-18)20(22(27)23(25)28)19(26)14-13-17-9-5-3-6-10-17/h3-12,21,27H,13-16H2,1-2H3. The number of hydrogen-bond acceptors (Lipinski definition) is 4. The normalized spacial score (nSPS) is 16.9. The number of aryl methyl sites for hydroxylation is 1. The molecule has 0 fully saturated rings. The molecule has 1 atom stereocenters. The number of hydrogen-bond donors (Lipinski definition) is 1. The minimum Gasteiger partial charge on any atom is -0.503 e. The van der Waals surface area contributed by atoms with Gasteiger partial charge in [-0.05, 0) is 31.6 Å². The first kappa shape index (κ1) is 19.8. The van der Waals surface area contributed by atoms with Crippen molar-refractivity contribution in [3.63, 3.8) is 0 Å². The van der Waals surface area contributed by atoms with Crippen LogP contribution in [0.5, 0.6) is 0 Å². The minimum absolute atomic E-state index is 0.184. The van der Waals surface area contributed by atoms with Gasteiger partial charge in [0.05, 0.1) is 11.6 Å². The minimum atomic E-state index is -0.545. The summed E-state index contributed by atoms with van der Waals surface area (Å²) in [4.78, 5) is 29.3. The van der Waals surface area contributed by atoms with Crippen molar-refractivity contribution in [2.24, 2.45) is 0 Å². The lowest BCUT2D eigenvalue weighted by atomic mass is 9.93. The van der Waals surface area contributed by atoms with Crippen molar-refractivity contribution in [2.45, 2.75) is 18.9 Å². The van der Waals surface area contributed by atoms with Gasteiger partial charge in [0.25, 0.3) is 5.91 Å². The van der Waals surface area contributed by atoms with Gasteiger partial charge in [0, 0.05) is 19.5 Å². The number of aliphatic hydroxyl groups is 1. The molecule has 1 aliphatic rings. The van der Waals surface area contributed by atoms with E-state index in [2.05, 4.69) is 0 Å². The van der Waals surface area contributed by atoms with Gasteiger partial charge in [0.15, 0.2) is 11.5 Å². The van der Waals surface area contributed by atoms with E-state index in [0.29, 0.717) is 19.5 Å². The first-order valence-electron chi connectivity index (χ1n) is 9.50. The van der Waals surface area contributed by atoms with Gasteiger partial charge in [-0.2, -0.15) is 0 Å². The molecule has 0 radical (unpaired) electrons. The first-order chi connectivity index (χ1) is 13.5. The van der Waals surface area contributed by atoms with E-state index in [9.17, 15) is 14.7 Å². The molecule has 1 heterocycles. The molecule has 0 saturated carbocycles. The highest BCUT2D eigenvalue weighted by molar-refractivity contribution is 6.09. The molecule has 146 valence electrons. The lowest BCUT2D eigenvalue weighted by Crippen LogP contribution is -2.36. The number of likely N-dealkylation sites (N-methyl/N-ethyl adjacent to an activating group) is 1. The van der Waals surface area contributed by atoms with Crippen LogP contribution in [0, 0.1) is 0 Å².